The van der Waals surface area contributed by atoms with Crippen molar-refractivity contribution < 1.29 is 21.9 Å². The summed E-state index contributed by atoms with van der Waals surface area (Å²) in [6, 6.07) is 31.8. The van der Waals surface area contributed by atoms with Crippen LogP contribution in [0.2, 0.25) is 45.3 Å². The minimum absolute atomic E-state index is 0.335. The smallest absolute Gasteiger partial charge is 0.460 e. The molecule has 0 aliphatic carbocycles. The van der Waals surface area contributed by atoms with Gasteiger partial charge >= 0.3 is 14.8 Å². The first-order chi connectivity index (χ1) is 18.8. The van der Waals surface area contributed by atoms with Crippen molar-refractivity contribution in [3.63, 3.8) is 0 Å². The highest BCUT2D eigenvalue weighted by atomic mass is 28.5. The summed E-state index contributed by atoms with van der Waals surface area (Å²) in [7, 11) is -10.9. The Morgan fingerprint density at radius 1 is 0.675 bits per heavy atom. The fraction of sp³-hybridized carbons (Fsp3) is 0.323. The van der Waals surface area contributed by atoms with Crippen molar-refractivity contribution in [2.75, 3.05) is 0 Å². The summed E-state index contributed by atoms with van der Waals surface area (Å²) in [6.45, 7) is 18.7. The summed E-state index contributed by atoms with van der Waals surface area (Å²) in [6.07, 6.45) is 1.43. The van der Waals surface area contributed by atoms with Crippen LogP contribution >= 0.6 is 0 Å². The second-order valence-corrected chi connectivity index (χ2v) is 26.7. The predicted molar refractivity (Wildman–Crippen MR) is 175 cm³/mol. The maximum absolute atomic E-state index is 12.0. The van der Waals surface area contributed by atoms with E-state index < -0.39 is 39.7 Å². The Bertz CT molecular complexity index is 1100. The minimum Gasteiger partial charge on any atom is -0.460 e. The van der Waals surface area contributed by atoms with E-state index >= 15 is 0 Å². The average Bonchev–Trinajstić information content (AvgIpc) is 2.92. The normalized spacial score (nSPS) is 13.5. The van der Waals surface area contributed by atoms with E-state index in [1.165, 1.54) is 21.6 Å². The van der Waals surface area contributed by atoms with Gasteiger partial charge in [-0.3, -0.25) is 0 Å². The van der Waals surface area contributed by atoms with Gasteiger partial charge in [0.2, 0.25) is 25.0 Å². The monoisotopic (exact) mass is 608 g/mol. The highest BCUT2D eigenvalue weighted by molar-refractivity contribution is 6.98. The molecule has 3 aromatic carbocycles. The number of carbonyl (C=O) groups excluding carboxylic acids is 1. The Morgan fingerprint density at radius 2 is 1.00 bits per heavy atom. The summed E-state index contributed by atoms with van der Waals surface area (Å²) in [5.41, 5.74) is 0. The molecule has 3 aromatic rings. The summed E-state index contributed by atoms with van der Waals surface area (Å²) < 4.78 is 27.6. The molecule has 0 heterocycles. The predicted octanol–water partition coefficient (Wildman–Crippen LogP) is 5.82. The molecular weight excluding hydrogens is 565 g/mol. The zero-order chi connectivity index (χ0) is 29.4. The van der Waals surface area contributed by atoms with Gasteiger partial charge in [0.15, 0.2) is 0 Å². The lowest BCUT2D eigenvalue weighted by Gasteiger charge is -2.45. The van der Waals surface area contributed by atoms with Gasteiger partial charge < -0.3 is 17.1 Å². The van der Waals surface area contributed by atoms with Gasteiger partial charge in [0, 0.05) is 12.1 Å². The number of ether oxygens (including phenoxy) is 1. The molecule has 40 heavy (non-hydrogen) atoms. The molecule has 0 N–H and O–H groups in total. The number of rotatable bonds is 14. The van der Waals surface area contributed by atoms with Gasteiger partial charge in [-0.15, -0.1) is 0 Å². The van der Waals surface area contributed by atoms with Crippen LogP contribution in [-0.4, -0.2) is 45.8 Å². The van der Waals surface area contributed by atoms with Gasteiger partial charge in [-0.2, -0.15) is 0 Å². The maximum atomic E-state index is 12.0. The Labute approximate surface area is 244 Å². The van der Waals surface area contributed by atoms with Crippen LogP contribution in [-0.2, 0) is 21.9 Å². The molecule has 0 aromatic heterocycles. The average molecular weight is 609 g/mol. The molecule has 0 aliphatic rings. The summed E-state index contributed by atoms with van der Waals surface area (Å²) >= 11 is 0. The molecule has 1 unspecified atom stereocenters. The van der Waals surface area contributed by atoms with Gasteiger partial charge in [0.1, 0.15) is 0 Å². The van der Waals surface area contributed by atoms with E-state index in [1.807, 2.05) is 25.1 Å². The van der Waals surface area contributed by atoms with Gasteiger partial charge in [0.25, 0.3) is 0 Å². The summed E-state index contributed by atoms with van der Waals surface area (Å²) in [5, 5.41) is 3.55. The van der Waals surface area contributed by atoms with Crippen molar-refractivity contribution in [1.82, 2.24) is 0 Å². The molecule has 3 rings (SSSR count). The van der Waals surface area contributed by atoms with Gasteiger partial charge in [-0.25, -0.2) is 4.79 Å². The van der Waals surface area contributed by atoms with Crippen molar-refractivity contribution in [3.05, 3.63) is 104 Å². The molecule has 0 fully saturated rings. The van der Waals surface area contributed by atoms with Crippen LogP contribution in [0.5, 0.6) is 0 Å². The first-order valence-corrected chi connectivity index (χ1v) is 24.5. The molecular formula is C31H44O5Si4. The Balaban J connectivity index is 2.11. The number of carbonyl (C=O) groups is 1. The van der Waals surface area contributed by atoms with E-state index in [9.17, 15) is 4.79 Å². The van der Waals surface area contributed by atoms with Crippen molar-refractivity contribution in [3.8, 4) is 0 Å². The number of hydrogen-bond acceptors (Lipinski definition) is 5. The van der Waals surface area contributed by atoms with E-state index in [-0.39, 0.29) is 6.10 Å². The van der Waals surface area contributed by atoms with Crippen LogP contribution in [0.15, 0.2) is 104 Å². The summed E-state index contributed by atoms with van der Waals surface area (Å²) in [4.78, 5) is 12.0. The highest BCUT2D eigenvalue weighted by Crippen LogP contribution is 2.31. The third-order valence-electron chi connectivity index (χ3n) is 6.98. The Hall–Kier alpha value is -2.38. The maximum Gasteiger partial charge on any atom is 0.470 e. The molecule has 5 nitrogen and oxygen atoms in total. The van der Waals surface area contributed by atoms with Crippen LogP contribution in [0.25, 0.3) is 0 Å². The lowest BCUT2D eigenvalue weighted by atomic mass is 10.3. The van der Waals surface area contributed by atoms with Crippen molar-refractivity contribution in [1.29, 1.82) is 0 Å². The van der Waals surface area contributed by atoms with Gasteiger partial charge in [-0.1, -0.05) is 97.6 Å². The lowest BCUT2D eigenvalue weighted by Crippen LogP contribution is -2.67. The molecule has 9 heteroatoms. The first kappa shape index (κ1) is 32.1. The number of benzene rings is 3. The molecule has 1 atom stereocenters. The quantitative estimate of drug-likeness (QED) is 0.131. The number of esters is 1. The molecule has 0 bridgehead atoms. The van der Waals surface area contributed by atoms with Crippen LogP contribution < -0.4 is 15.6 Å². The van der Waals surface area contributed by atoms with Crippen LogP contribution in [0.4, 0.5) is 0 Å². The van der Waals surface area contributed by atoms with Crippen LogP contribution in [0.3, 0.4) is 0 Å². The van der Waals surface area contributed by atoms with E-state index in [4.69, 9.17) is 17.1 Å². The topological polar surface area (TPSA) is 54.0 Å². The van der Waals surface area contributed by atoms with Crippen molar-refractivity contribution in [2.45, 2.75) is 64.8 Å². The second kappa shape index (κ2) is 13.5. The van der Waals surface area contributed by atoms with E-state index in [1.54, 1.807) is 0 Å². The Kier molecular flexibility index (Phi) is 10.9. The number of hydrogen-bond donors (Lipinski definition) is 0. The van der Waals surface area contributed by atoms with Crippen LogP contribution in [0, 0.1) is 0 Å². The van der Waals surface area contributed by atoms with Crippen LogP contribution in [0.1, 0.15) is 13.3 Å². The zero-order valence-electron chi connectivity index (χ0n) is 25.0. The van der Waals surface area contributed by atoms with Gasteiger partial charge in [-0.05, 0) is 68.2 Å². The lowest BCUT2D eigenvalue weighted by molar-refractivity contribution is -0.142. The van der Waals surface area contributed by atoms with E-state index in [0.29, 0.717) is 12.5 Å². The second-order valence-electron chi connectivity index (χ2n) is 11.6. The minimum atomic E-state index is -3.41. The van der Waals surface area contributed by atoms with E-state index in [2.05, 4.69) is 119 Å². The zero-order valence-corrected chi connectivity index (χ0v) is 29.0. The molecule has 0 radical (unpaired) electrons. The molecule has 0 aliphatic heterocycles. The third kappa shape index (κ3) is 8.81. The van der Waals surface area contributed by atoms with Gasteiger partial charge in [0.05, 0.1) is 6.10 Å². The fourth-order valence-electron chi connectivity index (χ4n) is 4.76. The van der Waals surface area contributed by atoms with E-state index in [0.717, 1.165) is 0 Å². The summed E-state index contributed by atoms with van der Waals surface area (Å²) in [5.74, 6) is -0.431. The standard InChI is InChI=1S/C31H44O5Si4/c1-9-31(32)33-27(2)25-26-40(34-37(3,4)28-19-13-10-14-20-28,35-38(5,6)29-21-15-11-16-22-29)36-39(7,8)30-23-17-12-18-24-30/h9-24,27H,1,25-26H2,2-8H3. The molecule has 0 amide bonds. The highest BCUT2D eigenvalue weighted by Gasteiger charge is 2.53. The molecule has 214 valence electrons. The van der Waals surface area contributed by atoms with Crippen molar-refractivity contribution >= 4 is 55.3 Å². The van der Waals surface area contributed by atoms with Crippen molar-refractivity contribution in [2.24, 2.45) is 0 Å². The molecule has 0 spiro atoms. The largest absolute Gasteiger partial charge is 0.470 e. The fourth-order valence-corrected chi connectivity index (χ4v) is 22.1. The first-order valence-electron chi connectivity index (χ1n) is 13.9. The Morgan fingerprint density at radius 3 is 1.30 bits per heavy atom. The molecule has 0 saturated carbocycles. The third-order valence-corrected chi connectivity index (χ3v) is 22.9. The molecule has 0 saturated heterocycles. The SMILES string of the molecule is C=CC(=O)OC(C)CC[Si](O[Si](C)(C)c1ccccc1)(O[Si](C)(C)c1ccccc1)O[Si](C)(C)c1ccccc1.